The van der Waals surface area contributed by atoms with E-state index in [4.69, 9.17) is 0 Å². The molecule has 0 bridgehead atoms. The van der Waals surface area contributed by atoms with Crippen LogP contribution in [0.1, 0.15) is 66.0 Å². The van der Waals surface area contributed by atoms with Gasteiger partial charge < -0.3 is 9.80 Å². The Hall–Kier alpha value is -3.91. The highest BCUT2D eigenvalue weighted by Gasteiger charge is 2.30. The quantitative estimate of drug-likeness (QED) is 0.149. The third-order valence-corrected chi connectivity index (χ3v) is 9.14. The van der Waals surface area contributed by atoms with Crippen molar-refractivity contribution in [2.24, 2.45) is 0 Å². The van der Waals surface area contributed by atoms with Crippen molar-refractivity contribution in [2.75, 3.05) is 25.4 Å². The first kappa shape index (κ1) is 30.5. The number of nitrogens with zero attached hydrogens (tertiary/aromatic N) is 5. The Kier molecular flexibility index (Phi) is 10.3. The molecule has 0 radical (unpaired) electrons. The molecule has 5 rings (SSSR count). The van der Waals surface area contributed by atoms with E-state index in [0.29, 0.717) is 38.0 Å². The first-order valence-electron chi connectivity index (χ1n) is 15.3. The molecule has 0 aliphatic carbocycles. The minimum atomic E-state index is -0.00973. The molecule has 2 heterocycles. The van der Waals surface area contributed by atoms with Gasteiger partial charge in [0.05, 0.1) is 5.69 Å². The normalized spacial score (nSPS) is 15.1. The van der Waals surface area contributed by atoms with Crippen LogP contribution in [0.15, 0.2) is 84.0 Å². The van der Waals surface area contributed by atoms with Crippen LogP contribution in [0.5, 0.6) is 0 Å². The van der Waals surface area contributed by atoms with Crippen molar-refractivity contribution in [3.8, 4) is 5.69 Å². The zero-order valence-electron chi connectivity index (χ0n) is 25.4. The minimum Gasteiger partial charge on any atom is -0.339 e. The molecule has 7 nitrogen and oxygen atoms in total. The summed E-state index contributed by atoms with van der Waals surface area (Å²) in [6, 6.07) is 26.5. The van der Waals surface area contributed by atoms with Crippen molar-refractivity contribution in [2.45, 2.75) is 64.1 Å². The summed E-state index contributed by atoms with van der Waals surface area (Å²) in [6.45, 7) is 7.98. The Labute approximate surface area is 259 Å². The zero-order chi connectivity index (χ0) is 30.2. The van der Waals surface area contributed by atoms with E-state index in [0.717, 1.165) is 41.7 Å². The van der Waals surface area contributed by atoms with Gasteiger partial charge in [0.25, 0.3) is 5.91 Å². The summed E-state index contributed by atoms with van der Waals surface area (Å²) in [7, 11) is 0. The molecule has 0 saturated carbocycles. The van der Waals surface area contributed by atoms with Crippen LogP contribution in [0.3, 0.4) is 0 Å². The second-order valence-electron chi connectivity index (χ2n) is 11.2. The van der Waals surface area contributed by atoms with E-state index in [1.165, 1.54) is 16.7 Å². The molecule has 3 aromatic carbocycles. The number of thioether (sulfide) groups is 1. The molecule has 1 aromatic heterocycles. The summed E-state index contributed by atoms with van der Waals surface area (Å²) < 4.78 is 2.18. The van der Waals surface area contributed by atoms with Crippen LogP contribution in [-0.4, -0.2) is 67.8 Å². The van der Waals surface area contributed by atoms with Crippen LogP contribution < -0.4 is 0 Å². The fourth-order valence-corrected chi connectivity index (χ4v) is 6.54. The molecule has 2 amide bonds. The second-order valence-corrected chi connectivity index (χ2v) is 12.3. The number of para-hydroxylation sites is 1. The van der Waals surface area contributed by atoms with Gasteiger partial charge in [-0.05, 0) is 68.0 Å². The fourth-order valence-electron chi connectivity index (χ4n) is 5.58. The number of piperazine rings is 1. The number of aromatic nitrogens is 3. The standard InChI is InChI=1S/C35H41N5O2S/c1-4-28-17-19-30(20-18-28)34(42)39-22-21-38(25-27(39)3)33(41)16-10-11-23-43-35-37-36-32(24-29-13-6-5-7-14-29)40(35)31-15-9-8-12-26(31)2/h5-9,12-15,17-20,27H,4,10-11,16,21-25H2,1-3H3. The third kappa shape index (κ3) is 7.54. The summed E-state index contributed by atoms with van der Waals surface area (Å²) in [6.07, 6.45) is 3.91. The number of hydrogen-bond acceptors (Lipinski definition) is 5. The summed E-state index contributed by atoms with van der Waals surface area (Å²) in [5.41, 5.74) is 5.41. The van der Waals surface area contributed by atoms with Crippen molar-refractivity contribution in [1.29, 1.82) is 0 Å². The highest BCUT2D eigenvalue weighted by Crippen LogP contribution is 2.26. The van der Waals surface area contributed by atoms with Gasteiger partial charge in [0.1, 0.15) is 5.82 Å². The molecule has 1 aliphatic heterocycles. The molecule has 1 atom stereocenters. The van der Waals surface area contributed by atoms with Gasteiger partial charge in [0, 0.05) is 49.8 Å². The summed E-state index contributed by atoms with van der Waals surface area (Å²) in [5, 5.41) is 10.0. The Morgan fingerprint density at radius 3 is 2.35 bits per heavy atom. The zero-order valence-corrected chi connectivity index (χ0v) is 26.2. The highest BCUT2D eigenvalue weighted by atomic mass is 32.2. The molecular weight excluding hydrogens is 554 g/mol. The second kappa shape index (κ2) is 14.5. The highest BCUT2D eigenvalue weighted by molar-refractivity contribution is 7.99. The average Bonchev–Trinajstić information content (AvgIpc) is 3.42. The first-order valence-corrected chi connectivity index (χ1v) is 16.3. The van der Waals surface area contributed by atoms with Gasteiger partial charge in [0.2, 0.25) is 5.91 Å². The third-order valence-electron chi connectivity index (χ3n) is 8.13. The van der Waals surface area contributed by atoms with E-state index in [-0.39, 0.29) is 17.9 Å². The number of carbonyl (C=O) groups is 2. The number of rotatable bonds is 11. The Morgan fingerprint density at radius 2 is 1.63 bits per heavy atom. The smallest absolute Gasteiger partial charge is 0.254 e. The molecule has 1 aliphatic rings. The maximum absolute atomic E-state index is 13.1. The van der Waals surface area contributed by atoms with Crippen molar-refractivity contribution < 1.29 is 9.59 Å². The Morgan fingerprint density at radius 1 is 0.884 bits per heavy atom. The maximum atomic E-state index is 13.1. The molecular formula is C35H41N5O2S. The number of aryl methyl sites for hydroxylation is 2. The summed E-state index contributed by atoms with van der Waals surface area (Å²) >= 11 is 1.69. The van der Waals surface area contributed by atoms with Crippen molar-refractivity contribution in [3.63, 3.8) is 0 Å². The van der Waals surface area contributed by atoms with E-state index >= 15 is 0 Å². The van der Waals surface area contributed by atoms with E-state index in [1.807, 2.05) is 65.3 Å². The lowest BCUT2D eigenvalue weighted by molar-refractivity contribution is -0.133. The number of carbonyl (C=O) groups excluding carboxylic acids is 2. The molecule has 0 spiro atoms. The fraction of sp³-hybridized carbons (Fsp3) is 0.371. The summed E-state index contributed by atoms with van der Waals surface area (Å²) in [4.78, 5) is 29.9. The van der Waals surface area contributed by atoms with E-state index < -0.39 is 0 Å². The number of unbranched alkanes of at least 4 members (excludes halogenated alkanes) is 1. The molecule has 224 valence electrons. The molecule has 43 heavy (non-hydrogen) atoms. The summed E-state index contributed by atoms with van der Waals surface area (Å²) in [5.74, 6) is 2.00. The molecule has 1 fully saturated rings. The van der Waals surface area contributed by atoms with E-state index in [9.17, 15) is 9.59 Å². The van der Waals surface area contributed by atoms with Gasteiger partial charge in [0.15, 0.2) is 5.16 Å². The van der Waals surface area contributed by atoms with Gasteiger partial charge in [-0.25, -0.2) is 0 Å². The number of benzene rings is 3. The lowest BCUT2D eigenvalue weighted by Crippen LogP contribution is -2.55. The topological polar surface area (TPSA) is 71.3 Å². The van der Waals surface area contributed by atoms with Crippen LogP contribution >= 0.6 is 11.8 Å². The number of hydrogen-bond donors (Lipinski definition) is 0. The van der Waals surface area contributed by atoms with Crippen LogP contribution in [0, 0.1) is 6.92 Å². The predicted octanol–water partition coefficient (Wildman–Crippen LogP) is 6.36. The SMILES string of the molecule is CCc1ccc(C(=O)N2CCN(C(=O)CCCCSc3nnc(Cc4ccccc4)n3-c3ccccc3C)CC2C)cc1. The molecule has 1 saturated heterocycles. The molecule has 4 aromatic rings. The van der Waals surface area contributed by atoms with Gasteiger partial charge >= 0.3 is 0 Å². The van der Waals surface area contributed by atoms with Crippen LogP contribution in [-0.2, 0) is 17.6 Å². The monoisotopic (exact) mass is 595 g/mol. The largest absolute Gasteiger partial charge is 0.339 e. The van der Waals surface area contributed by atoms with Gasteiger partial charge in [-0.1, -0.05) is 79.3 Å². The first-order chi connectivity index (χ1) is 20.9. The van der Waals surface area contributed by atoms with Gasteiger partial charge in [-0.3, -0.25) is 14.2 Å². The Balaban J connectivity index is 1.12. The Bertz CT molecular complexity index is 1520. The van der Waals surface area contributed by atoms with Crippen molar-refractivity contribution in [1.82, 2.24) is 24.6 Å². The molecule has 1 unspecified atom stereocenters. The lowest BCUT2D eigenvalue weighted by Gasteiger charge is -2.40. The van der Waals surface area contributed by atoms with Gasteiger partial charge in [-0.15, -0.1) is 10.2 Å². The van der Waals surface area contributed by atoms with Crippen molar-refractivity contribution in [3.05, 3.63) is 107 Å². The molecule has 8 heteroatoms. The lowest BCUT2D eigenvalue weighted by atomic mass is 10.1. The van der Waals surface area contributed by atoms with E-state index in [1.54, 1.807) is 11.8 Å². The van der Waals surface area contributed by atoms with Crippen LogP contribution in [0.2, 0.25) is 0 Å². The minimum absolute atomic E-state index is 0.00973. The van der Waals surface area contributed by atoms with Gasteiger partial charge in [-0.2, -0.15) is 0 Å². The van der Waals surface area contributed by atoms with Crippen LogP contribution in [0.4, 0.5) is 0 Å². The predicted molar refractivity (Wildman–Crippen MR) is 173 cm³/mol. The van der Waals surface area contributed by atoms with E-state index in [2.05, 4.69) is 58.9 Å². The van der Waals surface area contributed by atoms with Crippen LogP contribution in [0.25, 0.3) is 5.69 Å². The maximum Gasteiger partial charge on any atom is 0.254 e. The van der Waals surface area contributed by atoms with Crippen molar-refractivity contribution >= 4 is 23.6 Å². The molecule has 0 N–H and O–H groups in total. The number of amides is 2. The average molecular weight is 596 g/mol.